The van der Waals surface area contributed by atoms with Gasteiger partial charge < -0.3 is 20.1 Å². The quantitative estimate of drug-likeness (QED) is 0.378. The van der Waals surface area contributed by atoms with Gasteiger partial charge in [-0.1, -0.05) is 12.5 Å². The van der Waals surface area contributed by atoms with E-state index in [-0.39, 0.29) is 11.8 Å². The Morgan fingerprint density at radius 3 is 2.87 bits per heavy atom. The summed E-state index contributed by atoms with van der Waals surface area (Å²) in [5.41, 5.74) is 3.82. The molecule has 0 bridgehead atoms. The Hall–Kier alpha value is -2.71. The number of nitrogens with one attached hydrogen (secondary N) is 1. The zero-order valence-electron chi connectivity index (χ0n) is 22.7. The second-order valence-electron chi connectivity index (χ2n) is 11.2. The fourth-order valence-corrected chi connectivity index (χ4v) is 6.09. The third kappa shape index (κ3) is 6.12. The highest BCUT2D eigenvalue weighted by Crippen LogP contribution is 2.44. The molecule has 1 saturated heterocycles. The number of hydrogen-bond acceptors (Lipinski definition) is 6. The van der Waals surface area contributed by atoms with Crippen molar-refractivity contribution in [3.63, 3.8) is 0 Å². The van der Waals surface area contributed by atoms with Gasteiger partial charge in [-0.3, -0.25) is 9.69 Å². The number of likely N-dealkylation sites (N-methyl/N-ethyl adjacent to an activating group) is 1. The first-order valence-corrected chi connectivity index (χ1v) is 14.2. The zero-order chi connectivity index (χ0) is 26.6. The number of fused-ring (bicyclic) bond motifs is 1. The number of nitrogens with zero attached hydrogens (tertiary/aromatic N) is 3. The average molecular weight is 525 g/mol. The fourth-order valence-electron chi connectivity index (χ4n) is 6.09. The van der Waals surface area contributed by atoms with Gasteiger partial charge in [0.25, 0.3) is 0 Å². The highest BCUT2D eigenvalue weighted by Gasteiger charge is 2.38. The Bertz CT molecular complexity index is 1140. The number of unbranched alkanes of at least 4 members (excludes halogenated alkanes) is 2. The SMILES string of the molecule is COc1c(F)cc(C2CC2)cc1[C@H](C(=O)O)N1CC[C@@H](N(C)CCCCCc2ccc3c(n2)NCCC3)C1. The number of likely N-dealkylation sites (tertiary alicyclic amines) is 1. The van der Waals surface area contributed by atoms with E-state index in [4.69, 9.17) is 9.72 Å². The van der Waals surface area contributed by atoms with E-state index in [1.165, 1.54) is 25.2 Å². The lowest BCUT2D eigenvalue weighted by atomic mass is 9.99. The van der Waals surface area contributed by atoms with E-state index < -0.39 is 17.8 Å². The van der Waals surface area contributed by atoms with Gasteiger partial charge in [0.05, 0.1) is 7.11 Å². The molecule has 38 heavy (non-hydrogen) atoms. The maximum Gasteiger partial charge on any atom is 0.325 e. The minimum absolute atomic E-state index is 0.0582. The molecule has 2 fully saturated rings. The molecule has 1 aromatic carbocycles. The lowest BCUT2D eigenvalue weighted by Gasteiger charge is -2.28. The summed E-state index contributed by atoms with van der Waals surface area (Å²) in [6, 6.07) is 7.15. The molecule has 5 rings (SSSR count). The summed E-state index contributed by atoms with van der Waals surface area (Å²) in [5, 5.41) is 13.6. The normalized spacial score (nSPS) is 20.3. The van der Waals surface area contributed by atoms with Crippen LogP contribution in [-0.4, -0.2) is 72.2 Å². The molecule has 0 spiro atoms. The molecule has 1 aromatic heterocycles. The van der Waals surface area contributed by atoms with E-state index in [2.05, 4.69) is 29.4 Å². The predicted molar refractivity (Wildman–Crippen MR) is 147 cm³/mol. The summed E-state index contributed by atoms with van der Waals surface area (Å²) >= 11 is 0. The Balaban J connectivity index is 1.13. The molecule has 1 saturated carbocycles. The molecule has 2 N–H and O–H groups in total. The van der Waals surface area contributed by atoms with Crippen molar-refractivity contribution in [3.8, 4) is 5.75 Å². The van der Waals surface area contributed by atoms with E-state index in [9.17, 15) is 14.3 Å². The number of methoxy groups -OCH3 is 1. The Morgan fingerprint density at radius 1 is 1.26 bits per heavy atom. The van der Waals surface area contributed by atoms with Crippen LogP contribution >= 0.6 is 0 Å². The van der Waals surface area contributed by atoms with Crippen LogP contribution in [-0.2, 0) is 17.6 Å². The molecule has 0 radical (unpaired) electrons. The van der Waals surface area contributed by atoms with Crippen LogP contribution in [0.15, 0.2) is 24.3 Å². The van der Waals surface area contributed by atoms with Crippen LogP contribution in [0.5, 0.6) is 5.75 Å². The van der Waals surface area contributed by atoms with Crippen LogP contribution in [0.4, 0.5) is 10.2 Å². The molecule has 3 aliphatic rings. The molecule has 1 aliphatic carbocycles. The molecule has 0 unspecified atom stereocenters. The maximum absolute atomic E-state index is 14.8. The van der Waals surface area contributed by atoms with Crippen LogP contribution < -0.4 is 10.1 Å². The lowest BCUT2D eigenvalue weighted by Crippen LogP contribution is -2.38. The molecule has 2 aromatic rings. The van der Waals surface area contributed by atoms with Crippen LogP contribution in [0.2, 0.25) is 0 Å². The lowest BCUT2D eigenvalue weighted by molar-refractivity contribution is -0.143. The van der Waals surface area contributed by atoms with Crippen molar-refractivity contribution >= 4 is 11.8 Å². The van der Waals surface area contributed by atoms with Crippen LogP contribution in [0.3, 0.4) is 0 Å². The van der Waals surface area contributed by atoms with Gasteiger partial charge in [0, 0.05) is 36.9 Å². The first-order valence-electron chi connectivity index (χ1n) is 14.2. The van der Waals surface area contributed by atoms with Crippen LogP contribution in [0.25, 0.3) is 0 Å². The number of carboxylic acid groups (broad SMARTS) is 1. The second-order valence-corrected chi connectivity index (χ2v) is 11.2. The van der Waals surface area contributed by atoms with Crippen molar-refractivity contribution in [1.82, 2.24) is 14.8 Å². The highest BCUT2D eigenvalue weighted by molar-refractivity contribution is 5.77. The number of halogens is 1. The summed E-state index contributed by atoms with van der Waals surface area (Å²) in [6.45, 7) is 3.31. The molecular formula is C30H41FN4O3. The zero-order valence-corrected chi connectivity index (χ0v) is 22.7. The van der Waals surface area contributed by atoms with Crippen molar-refractivity contribution in [1.29, 1.82) is 0 Å². The highest BCUT2D eigenvalue weighted by atomic mass is 19.1. The first-order chi connectivity index (χ1) is 18.4. The summed E-state index contributed by atoms with van der Waals surface area (Å²) in [6.07, 6.45) is 9.59. The van der Waals surface area contributed by atoms with Crippen molar-refractivity contribution in [2.75, 3.05) is 45.7 Å². The Kier molecular flexibility index (Phi) is 8.48. The molecule has 0 amide bonds. The second kappa shape index (κ2) is 12.0. The third-order valence-corrected chi connectivity index (χ3v) is 8.45. The molecule has 7 nitrogen and oxygen atoms in total. The van der Waals surface area contributed by atoms with Gasteiger partial charge in [0.2, 0.25) is 0 Å². The predicted octanol–water partition coefficient (Wildman–Crippen LogP) is 5.01. The van der Waals surface area contributed by atoms with Gasteiger partial charge in [0.15, 0.2) is 11.6 Å². The van der Waals surface area contributed by atoms with Gasteiger partial charge in [-0.15, -0.1) is 0 Å². The number of aliphatic carboxylic acids is 1. The number of ether oxygens (including phenoxy) is 1. The number of pyridine rings is 1. The largest absolute Gasteiger partial charge is 0.493 e. The van der Waals surface area contributed by atoms with Crippen molar-refractivity contribution in [3.05, 3.63) is 52.5 Å². The van der Waals surface area contributed by atoms with Crippen molar-refractivity contribution < 1.29 is 19.0 Å². The number of benzene rings is 1. The molecule has 8 heteroatoms. The van der Waals surface area contributed by atoms with Crippen LogP contribution in [0.1, 0.15) is 79.3 Å². The van der Waals surface area contributed by atoms with E-state index >= 15 is 0 Å². The van der Waals surface area contributed by atoms with Gasteiger partial charge in [-0.2, -0.15) is 0 Å². The van der Waals surface area contributed by atoms with Gasteiger partial charge >= 0.3 is 5.97 Å². The molecular weight excluding hydrogens is 483 g/mol. The standard InChI is InChI=1S/C30H41FN4O3/c1-34(15-5-3-4-8-23-12-11-21-7-6-14-32-29(21)33-23)24-13-16-35(19-24)27(30(36)37)25-17-22(20-9-10-20)18-26(31)28(25)38-2/h11-12,17-18,20,24,27H,3-10,13-16,19H2,1-2H3,(H,32,33)(H,36,37)/t24-,27-/m1/s1. The third-order valence-electron chi connectivity index (χ3n) is 8.45. The van der Waals surface area contributed by atoms with Crippen molar-refractivity contribution in [2.45, 2.75) is 75.8 Å². The van der Waals surface area contributed by atoms with Crippen LogP contribution in [0, 0.1) is 5.82 Å². The summed E-state index contributed by atoms with van der Waals surface area (Å²) < 4.78 is 20.2. The van der Waals surface area contributed by atoms with E-state index in [1.54, 1.807) is 0 Å². The smallest absolute Gasteiger partial charge is 0.325 e. The number of anilines is 1. The minimum Gasteiger partial charge on any atom is -0.493 e. The maximum atomic E-state index is 14.8. The van der Waals surface area contributed by atoms with Gasteiger partial charge in [-0.05, 0) is 100 Å². The topological polar surface area (TPSA) is 77.9 Å². The number of aromatic nitrogens is 1. The Morgan fingerprint density at radius 2 is 2.11 bits per heavy atom. The number of aryl methyl sites for hydroxylation is 2. The number of carbonyl (C=O) groups is 1. The molecule has 2 aliphatic heterocycles. The first kappa shape index (κ1) is 26.9. The number of carboxylic acids is 1. The molecule has 206 valence electrons. The van der Waals surface area contributed by atoms with E-state index in [0.29, 0.717) is 24.6 Å². The summed E-state index contributed by atoms with van der Waals surface area (Å²) in [5.74, 6) is 0.0416. The van der Waals surface area contributed by atoms with Gasteiger partial charge in [0.1, 0.15) is 11.9 Å². The molecule has 3 heterocycles. The van der Waals surface area contributed by atoms with Crippen molar-refractivity contribution in [2.24, 2.45) is 0 Å². The van der Waals surface area contributed by atoms with Gasteiger partial charge in [-0.25, -0.2) is 9.37 Å². The van der Waals surface area contributed by atoms with E-state index in [0.717, 1.165) is 81.5 Å². The fraction of sp³-hybridized carbons (Fsp3) is 0.600. The monoisotopic (exact) mass is 524 g/mol. The number of rotatable bonds is 12. The Labute approximate surface area is 225 Å². The summed E-state index contributed by atoms with van der Waals surface area (Å²) in [7, 11) is 3.55. The van der Waals surface area contributed by atoms with E-state index in [1.807, 2.05) is 11.0 Å². The minimum atomic E-state index is -0.954. The number of hydrogen-bond donors (Lipinski definition) is 2. The summed E-state index contributed by atoms with van der Waals surface area (Å²) in [4.78, 5) is 21.6. The molecule has 2 atom stereocenters. The average Bonchev–Trinajstić information content (AvgIpc) is 3.65.